The number of amides is 2. The molecule has 5 aromatic carbocycles. The SMILES string of the molecule is O=C1C2C(c3cc(Cl)ccc3[N+](=O)[O-])NC(Cc3ccc4ccccc4c3)(C(=O)O)C2C(=O)N1Cc1cccc2ccccc12. The molecule has 5 aromatic rings. The number of halogens is 1. The zero-order valence-electron chi connectivity index (χ0n) is 23.7. The number of aliphatic carboxylic acids is 1. The predicted molar refractivity (Wildman–Crippen MR) is 168 cm³/mol. The van der Waals surface area contributed by atoms with Gasteiger partial charge >= 0.3 is 5.97 Å². The highest BCUT2D eigenvalue weighted by Gasteiger charge is 2.69. The summed E-state index contributed by atoms with van der Waals surface area (Å²) < 4.78 is 0. The lowest BCUT2D eigenvalue weighted by Crippen LogP contribution is -2.57. The van der Waals surface area contributed by atoms with Gasteiger partial charge in [-0.1, -0.05) is 96.5 Å². The number of hydrogen-bond donors (Lipinski definition) is 2. The van der Waals surface area contributed by atoms with Crippen LogP contribution in [0.1, 0.15) is 22.7 Å². The van der Waals surface area contributed by atoms with Gasteiger partial charge in [-0.3, -0.25) is 34.7 Å². The second-order valence-corrected chi connectivity index (χ2v) is 12.1. The Bertz CT molecular complexity index is 2060. The first-order valence-corrected chi connectivity index (χ1v) is 14.8. The van der Waals surface area contributed by atoms with E-state index in [2.05, 4.69) is 5.32 Å². The van der Waals surface area contributed by atoms with E-state index in [1.807, 2.05) is 78.9 Å². The van der Waals surface area contributed by atoms with Crippen LogP contribution in [0.5, 0.6) is 0 Å². The number of nitro benzene ring substituents is 1. The van der Waals surface area contributed by atoms with Crippen molar-refractivity contribution in [3.05, 3.63) is 135 Å². The molecule has 0 spiro atoms. The molecule has 224 valence electrons. The Balaban J connectivity index is 1.37. The second-order valence-electron chi connectivity index (χ2n) is 11.6. The zero-order valence-corrected chi connectivity index (χ0v) is 24.5. The third-order valence-electron chi connectivity index (χ3n) is 9.15. The van der Waals surface area contributed by atoms with Crippen molar-refractivity contribution in [1.29, 1.82) is 0 Å². The minimum absolute atomic E-state index is 0.0531. The van der Waals surface area contributed by atoms with Crippen LogP contribution in [0, 0.1) is 22.0 Å². The molecule has 7 rings (SSSR count). The van der Waals surface area contributed by atoms with Crippen LogP contribution >= 0.6 is 11.6 Å². The average molecular weight is 620 g/mol. The van der Waals surface area contributed by atoms with E-state index in [4.69, 9.17) is 11.6 Å². The van der Waals surface area contributed by atoms with Gasteiger partial charge in [0.15, 0.2) is 0 Å². The minimum Gasteiger partial charge on any atom is -0.480 e. The number of hydrogen-bond acceptors (Lipinski definition) is 6. The first-order chi connectivity index (χ1) is 21.7. The molecule has 10 heteroatoms. The predicted octanol–water partition coefficient (Wildman–Crippen LogP) is 6.07. The molecule has 2 aliphatic rings. The number of rotatable bonds is 7. The van der Waals surface area contributed by atoms with Gasteiger partial charge in [0.1, 0.15) is 5.54 Å². The number of likely N-dealkylation sites (tertiary alicyclic amines) is 1. The second kappa shape index (κ2) is 10.8. The van der Waals surface area contributed by atoms with Crippen LogP contribution in [0.4, 0.5) is 5.69 Å². The van der Waals surface area contributed by atoms with E-state index in [0.717, 1.165) is 32.0 Å². The summed E-state index contributed by atoms with van der Waals surface area (Å²) >= 11 is 6.29. The molecule has 2 heterocycles. The molecule has 0 saturated carbocycles. The molecule has 2 fully saturated rings. The fraction of sp³-hybridized carbons (Fsp3) is 0.171. The highest BCUT2D eigenvalue weighted by atomic mass is 35.5. The van der Waals surface area contributed by atoms with Crippen LogP contribution < -0.4 is 5.32 Å². The Hall–Kier alpha value is -5.12. The van der Waals surface area contributed by atoms with Gasteiger partial charge in [0.05, 0.1) is 29.3 Å². The summed E-state index contributed by atoms with van der Waals surface area (Å²) in [6.45, 7) is -0.0674. The van der Waals surface area contributed by atoms with E-state index in [-0.39, 0.29) is 29.2 Å². The lowest BCUT2D eigenvalue weighted by molar-refractivity contribution is -0.385. The Labute approximate surface area is 262 Å². The van der Waals surface area contributed by atoms with Gasteiger partial charge in [0, 0.05) is 23.1 Å². The lowest BCUT2D eigenvalue weighted by atomic mass is 9.76. The maximum Gasteiger partial charge on any atom is 0.325 e. The van der Waals surface area contributed by atoms with Crippen molar-refractivity contribution in [2.24, 2.45) is 11.8 Å². The Morgan fingerprint density at radius 1 is 0.889 bits per heavy atom. The molecule has 2 saturated heterocycles. The number of fused-ring (bicyclic) bond motifs is 3. The molecule has 0 aromatic heterocycles. The number of nitro groups is 1. The summed E-state index contributed by atoms with van der Waals surface area (Å²) in [5.74, 6) is -5.12. The van der Waals surface area contributed by atoms with E-state index in [1.165, 1.54) is 18.2 Å². The molecule has 0 aliphatic carbocycles. The molecular weight excluding hydrogens is 594 g/mol. The van der Waals surface area contributed by atoms with Gasteiger partial charge in [-0.05, 0) is 44.8 Å². The third kappa shape index (κ3) is 4.63. The van der Waals surface area contributed by atoms with Crippen LogP contribution in [0.3, 0.4) is 0 Å². The third-order valence-corrected chi connectivity index (χ3v) is 9.39. The largest absolute Gasteiger partial charge is 0.480 e. The normalized spacial score (nSPS) is 22.7. The fourth-order valence-corrected chi connectivity index (χ4v) is 7.31. The number of nitrogens with one attached hydrogen (secondary N) is 1. The van der Waals surface area contributed by atoms with Crippen molar-refractivity contribution in [2.45, 2.75) is 24.5 Å². The molecule has 45 heavy (non-hydrogen) atoms. The lowest BCUT2D eigenvalue weighted by Gasteiger charge is -2.31. The van der Waals surface area contributed by atoms with Crippen LogP contribution in [-0.2, 0) is 27.3 Å². The minimum atomic E-state index is -1.95. The van der Waals surface area contributed by atoms with Crippen molar-refractivity contribution < 1.29 is 24.4 Å². The number of carboxylic acids is 1. The Morgan fingerprint density at radius 3 is 2.36 bits per heavy atom. The van der Waals surface area contributed by atoms with Crippen LogP contribution in [0.25, 0.3) is 21.5 Å². The quantitative estimate of drug-likeness (QED) is 0.129. The van der Waals surface area contributed by atoms with Crippen molar-refractivity contribution in [1.82, 2.24) is 10.2 Å². The molecule has 0 bridgehead atoms. The van der Waals surface area contributed by atoms with Crippen molar-refractivity contribution in [2.75, 3.05) is 0 Å². The number of carbonyl (C=O) groups is 3. The van der Waals surface area contributed by atoms with Crippen molar-refractivity contribution in [3.63, 3.8) is 0 Å². The summed E-state index contributed by atoms with van der Waals surface area (Å²) in [6.07, 6.45) is -0.139. The number of benzene rings is 5. The summed E-state index contributed by atoms with van der Waals surface area (Å²) in [5, 5.41) is 29.9. The number of imide groups is 1. The monoisotopic (exact) mass is 619 g/mol. The van der Waals surface area contributed by atoms with E-state index in [0.29, 0.717) is 5.56 Å². The standard InChI is InChI=1S/C35H26ClN3O6/c36-25-14-15-28(39(44)45)27(17-25)31-29-30(33(41)38(32(29)40)19-24-10-5-9-22-7-3-4-11-26(22)24)35(37-31,34(42)43)18-20-12-13-21-6-1-2-8-23(21)16-20/h1-17,29-31,37H,18-19H2,(H,42,43). The zero-order chi connectivity index (χ0) is 31.5. The smallest absolute Gasteiger partial charge is 0.325 e. The van der Waals surface area contributed by atoms with Gasteiger partial charge in [-0.25, -0.2) is 0 Å². The molecule has 2 amide bonds. The maximum absolute atomic E-state index is 14.4. The van der Waals surface area contributed by atoms with Crippen molar-refractivity contribution in [3.8, 4) is 0 Å². The number of nitrogens with zero attached hydrogens (tertiary/aromatic N) is 2. The molecule has 9 nitrogen and oxygen atoms in total. The molecule has 2 N–H and O–H groups in total. The van der Waals surface area contributed by atoms with E-state index >= 15 is 0 Å². The molecular formula is C35H26ClN3O6. The first-order valence-electron chi connectivity index (χ1n) is 14.4. The van der Waals surface area contributed by atoms with E-state index < -0.39 is 46.1 Å². The molecule has 0 radical (unpaired) electrons. The Kier molecular flexibility index (Phi) is 6.87. The molecule has 4 atom stereocenters. The van der Waals surface area contributed by atoms with Crippen molar-refractivity contribution >= 4 is 56.6 Å². The first kappa shape index (κ1) is 28.6. The summed E-state index contributed by atoms with van der Waals surface area (Å²) in [7, 11) is 0. The van der Waals surface area contributed by atoms with Crippen LogP contribution in [0.2, 0.25) is 5.02 Å². The highest BCUT2D eigenvalue weighted by Crippen LogP contribution is 2.52. The van der Waals surface area contributed by atoms with Gasteiger partial charge in [0.25, 0.3) is 5.69 Å². The topological polar surface area (TPSA) is 130 Å². The summed E-state index contributed by atoms with van der Waals surface area (Å²) in [5.41, 5.74) is -0.860. The summed E-state index contributed by atoms with van der Waals surface area (Å²) in [4.78, 5) is 54.7. The Morgan fingerprint density at radius 2 is 1.60 bits per heavy atom. The van der Waals surface area contributed by atoms with Gasteiger partial charge in [0.2, 0.25) is 11.8 Å². The van der Waals surface area contributed by atoms with Crippen LogP contribution in [-0.4, -0.2) is 38.3 Å². The number of carbonyl (C=O) groups excluding carboxylic acids is 2. The van der Waals surface area contributed by atoms with Crippen LogP contribution in [0.15, 0.2) is 103 Å². The molecule has 4 unspecified atom stereocenters. The molecule has 2 aliphatic heterocycles. The average Bonchev–Trinajstić information content (AvgIpc) is 3.50. The maximum atomic E-state index is 14.4. The number of carboxylic acid groups (broad SMARTS) is 1. The van der Waals surface area contributed by atoms with E-state index in [1.54, 1.807) is 6.07 Å². The highest BCUT2D eigenvalue weighted by molar-refractivity contribution is 6.30. The van der Waals surface area contributed by atoms with Gasteiger partial charge < -0.3 is 5.11 Å². The summed E-state index contributed by atoms with van der Waals surface area (Å²) in [6, 6.07) is 29.1. The van der Waals surface area contributed by atoms with Gasteiger partial charge in [-0.2, -0.15) is 0 Å². The van der Waals surface area contributed by atoms with E-state index in [9.17, 15) is 29.6 Å². The fourth-order valence-electron chi connectivity index (χ4n) is 7.13. The van der Waals surface area contributed by atoms with Gasteiger partial charge in [-0.15, -0.1) is 0 Å².